The van der Waals surface area contributed by atoms with Crippen LogP contribution in [0.15, 0.2) is 84.4 Å². The summed E-state index contributed by atoms with van der Waals surface area (Å²) >= 11 is 0. The van der Waals surface area contributed by atoms with Gasteiger partial charge >= 0.3 is 0 Å². The maximum atomic E-state index is 2.47. The van der Waals surface area contributed by atoms with Gasteiger partial charge < -0.3 is 0 Å². The van der Waals surface area contributed by atoms with Crippen molar-refractivity contribution in [3.63, 3.8) is 0 Å². The standard InChI is InChI=1S/C30H26/c1-19-18-28-26-16-8-14-24(21-10-4-3-5-11-21)25-15-9-17-27(30(25)26)29(28)20(2)23-13-7-6-12-22(19)23/h3-7,9-15,17,26H,8,16,18H2,1-2H3. The van der Waals surface area contributed by atoms with Crippen LogP contribution in [0.5, 0.6) is 0 Å². The van der Waals surface area contributed by atoms with Crippen molar-refractivity contribution in [2.75, 3.05) is 0 Å². The summed E-state index contributed by atoms with van der Waals surface area (Å²) in [4.78, 5) is 0. The average molecular weight is 387 g/mol. The van der Waals surface area contributed by atoms with Crippen molar-refractivity contribution in [2.24, 2.45) is 0 Å². The van der Waals surface area contributed by atoms with E-state index in [0.717, 1.165) is 12.8 Å². The zero-order valence-corrected chi connectivity index (χ0v) is 17.7. The molecule has 6 rings (SSSR count). The summed E-state index contributed by atoms with van der Waals surface area (Å²) in [6.07, 6.45) is 5.90. The molecule has 0 fully saturated rings. The predicted molar refractivity (Wildman–Crippen MR) is 127 cm³/mol. The third-order valence-corrected chi connectivity index (χ3v) is 7.27. The largest absolute Gasteiger partial charge is 0.0760 e. The minimum Gasteiger partial charge on any atom is -0.0760 e. The van der Waals surface area contributed by atoms with Gasteiger partial charge in [-0.3, -0.25) is 0 Å². The van der Waals surface area contributed by atoms with E-state index >= 15 is 0 Å². The first-order valence-corrected chi connectivity index (χ1v) is 11.1. The van der Waals surface area contributed by atoms with Crippen LogP contribution in [-0.4, -0.2) is 0 Å². The summed E-state index contributed by atoms with van der Waals surface area (Å²) in [5.41, 5.74) is 13.3. The van der Waals surface area contributed by atoms with Gasteiger partial charge in [0.1, 0.15) is 0 Å². The molecular weight excluding hydrogens is 360 g/mol. The van der Waals surface area contributed by atoms with Gasteiger partial charge in [0.15, 0.2) is 0 Å². The minimum absolute atomic E-state index is 0.530. The fourth-order valence-corrected chi connectivity index (χ4v) is 5.98. The Kier molecular flexibility index (Phi) is 3.96. The first kappa shape index (κ1) is 17.7. The third kappa shape index (κ3) is 2.46. The molecule has 0 heteroatoms. The monoisotopic (exact) mass is 386 g/mol. The molecule has 0 amide bonds. The lowest BCUT2D eigenvalue weighted by Gasteiger charge is -2.18. The normalized spacial score (nSPS) is 19.5. The van der Waals surface area contributed by atoms with Crippen LogP contribution in [-0.2, 0) is 0 Å². The van der Waals surface area contributed by atoms with Crippen molar-refractivity contribution in [3.8, 4) is 0 Å². The SMILES string of the molecule is CC1=c2ccccc2=C(C)C2=C(C1)C1CCC=C(c3ccccc3)c3cccc2c31. The van der Waals surface area contributed by atoms with Crippen LogP contribution in [0.3, 0.4) is 0 Å². The van der Waals surface area contributed by atoms with Crippen LogP contribution in [0.1, 0.15) is 61.3 Å². The molecule has 3 aliphatic carbocycles. The van der Waals surface area contributed by atoms with Crippen LogP contribution < -0.4 is 10.4 Å². The highest BCUT2D eigenvalue weighted by molar-refractivity contribution is 6.05. The van der Waals surface area contributed by atoms with Gasteiger partial charge in [-0.25, -0.2) is 0 Å². The van der Waals surface area contributed by atoms with E-state index in [-0.39, 0.29) is 0 Å². The molecule has 3 aromatic carbocycles. The van der Waals surface area contributed by atoms with E-state index in [4.69, 9.17) is 0 Å². The molecule has 1 unspecified atom stereocenters. The maximum absolute atomic E-state index is 2.47. The topological polar surface area (TPSA) is 0 Å². The van der Waals surface area contributed by atoms with Gasteiger partial charge in [-0.15, -0.1) is 0 Å². The summed E-state index contributed by atoms with van der Waals surface area (Å²) in [5, 5.41) is 2.84. The number of hydrogen-bond donors (Lipinski definition) is 0. The first-order valence-electron chi connectivity index (χ1n) is 11.1. The molecular formula is C30H26. The van der Waals surface area contributed by atoms with E-state index < -0.39 is 0 Å². The molecule has 0 saturated carbocycles. The zero-order valence-electron chi connectivity index (χ0n) is 17.7. The molecule has 0 nitrogen and oxygen atoms in total. The fourth-order valence-electron chi connectivity index (χ4n) is 5.98. The predicted octanol–water partition coefficient (Wildman–Crippen LogP) is 6.21. The molecule has 146 valence electrons. The number of benzene rings is 3. The van der Waals surface area contributed by atoms with Gasteiger partial charge in [-0.2, -0.15) is 0 Å². The van der Waals surface area contributed by atoms with Gasteiger partial charge in [0.05, 0.1) is 0 Å². The first-order chi connectivity index (χ1) is 14.7. The van der Waals surface area contributed by atoms with E-state index in [1.807, 2.05) is 0 Å². The van der Waals surface area contributed by atoms with Gasteiger partial charge in [0.2, 0.25) is 0 Å². The third-order valence-electron chi connectivity index (χ3n) is 7.27. The van der Waals surface area contributed by atoms with Crippen molar-refractivity contribution >= 4 is 22.3 Å². The second-order valence-electron chi connectivity index (χ2n) is 8.91. The summed E-state index contributed by atoms with van der Waals surface area (Å²) in [5.74, 6) is 0.530. The minimum atomic E-state index is 0.530. The number of allylic oxidation sites excluding steroid dienone is 3. The molecule has 0 bridgehead atoms. The molecule has 0 heterocycles. The summed E-state index contributed by atoms with van der Waals surface area (Å²) in [6.45, 7) is 4.67. The van der Waals surface area contributed by atoms with Gasteiger partial charge in [-0.1, -0.05) is 90.0 Å². The molecule has 30 heavy (non-hydrogen) atoms. The Morgan fingerprint density at radius 2 is 1.47 bits per heavy atom. The Labute approximate surface area is 178 Å². The molecule has 0 radical (unpaired) electrons. The number of rotatable bonds is 1. The van der Waals surface area contributed by atoms with E-state index in [2.05, 4.69) is 92.7 Å². The van der Waals surface area contributed by atoms with Crippen molar-refractivity contribution in [1.29, 1.82) is 0 Å². The highest BCUT2D eigenvalue weighted by Crippen LogP contribution is 2.53. The summed E-state index contributed by atoms with van der Waals surface area (Å²) < 4.78 is 0. The summed E-state index contributed by atoms with van der Waals surface area (Å²) in [6, 6.07) is 26.9. The lowest BCUT2D eigenvalue weighted by molar-refractivity contribution is 0.721. The zero-order chi connectivity index (χ0) is 20.2. The average Bonchev–Trinajstić information content (AvgIpc) is 2.90. The Bertz CT molecular complexity index is 1360. The number of fused-ring (bicyclic) bond motifs is 3. The highest BCUT2D eigenvalue weighted by atomic mass is 14.4. The van der Waals surface area contributed by atoms with Crippen molar-refractivity contribution in [3.05, 3.63) is 117 Å². The molecule has 0 spiro atoms. The van der Waals surface area contributed by atoms with Gasteiger partial charge in [0, 0.05) is 5.92 Å². The molecule has 0 N–H and O–H groups in total. The number of hydrogen-bond acceptors (Lipinski definition) is 0. The van der Waals surface area contributed by atoms with Crippen LogP contribution >= 0.6 is 0 Å². The van der Waals surface area contributed by atoms with E-state index in [1.54, 1.807) is 11.1 Å². The van der Waals surface area contributed by atoms with Gasteiger partial charge in [0.25, 0.3) is 0 Å². The Balaban J connectivity index is 1.63. The van der Waals surface area contributed by atoms with E-state index in [9.17, 15) is 0 Å². The fraction of sp³-hybridized carbons (Fsp3) is 0.200. The molecule has 0 aromatic heterocycles. The van der Waals surface area contributed by atoms with Crippen LogP contribution in [0, 0.1) is 0 Å². The highest BCUT2D eigenvalue weighted by Gasteiger charge is 2.36. The van der Waals surface area contributed by atoms with Crippen LogP contribution in [0.2, 0.25) is 0 Å². The Hall–Kier alpha value is -3.12. The smallest absolute Gasteiger partial charge is 0.00759 e. The second-order valence-corrected chi connectivity index (χ2v) is 8.91. The lowest BCUT2D eigenvalue weighted by Crippen LogP contribution is -2.27. The molecule has 0 saturated heterocycles. The van der Waals surface area contributed by atoms with Crippen LogP contribution in [0.25, 0.3) is 22.3 Å². The maximum Gasteiger partial charge on any atom is 0.00759 e. The second kappa shape index (κ2) is 6.71. The molecule has 3 aromatic rings. The molecule has 0 aliphatic heterocycles. The van der Waals surface area contributed by atoms with Crippen molar-refractivity contribution in [2.45, 2.75) is 39.0 Å². The molecule has 1 atom stereocenters. The van der Waals surface area contributed by atoms with E-state index in [1.165, 1.54) is 55.8 Å². The summed E-state index contributed by atoms with van der Waals surface area (Å²) in [7, 11) is 0. The quantitative estimate of drug-likeness (QED) is 0.466. The van der Waals surface area contributed by atoms with E-state index in [0.29, 0.717) is 5.92 Å². The Morgan fingerprint density at radius 1 is 0.733 bits per heavy atom. The Morgan fingerprint density at radius 3 is 2.30 bits per heavy atom. The van der Waals surface area contributed by atoms with Gasteiger partial charge in [-0.05, 0) is 82.5 Å². The van der Waals surface area contributed by atoms with Crippen molar-refractivity contribution < 1.29 is 0 Å². The lowest BCUT2D eigenvalue weighted by atomic mass is 9.85. The molecule has 3 aliphatic rings. The van der Waals surface area contributed by atoms with Crippen LogP contribution in [0.4, 0.5) is 0 Å². The van der Waals surface area contributed by atoms with Crippen molar-refractivity contribution in [1.82, 2.24) is 0 Å².